The topological polar surface area (TPSA) is 22.4 Å². The van der Waals surface area contributed by atoms with Crippen molar-refractivity contribution in [1.29, 1.82) is 0 Å². The van der Waals surface area contributed by atoms with E-state index in [4.69, 9.17) is 9.15 Å². The molecule has 0 aliphatic heterocycles. The Morgan fingerprint density at radius 2 is 1.77 bits per heavy atom. The van der Waals surface area contributed by atoms with E-state index in [-0.39, 0.29) is 39.7 Å². The number of fused-ring (bicyclic) bond motifs is 3. The molecular formula is C23H20F6O2. The molecule has 3 atom stereocenters. The normalized spacial score (nSPS) is 24.1. The van der Waals surface area contributed by atoms with Gasteiger partial charge < -0.3 is 9.15 Å². The molecule has 3 aromatic rings. The predicted octanol–water partition coefficient (Wildman–Crippen LogP) is 7.64. The maximum Gasteiger partial charge on any atom is 0.254 e. The first-order valence-electron chi connectivity index (χ1n) is 9.91. The number of benzene rings is 2. The largest absolute Gasteiger partial charge is 0.459 e. The fraction of sp³-hybridized carbons (Fsp3) is 0.391. The summed E-state index contributed by atoms with van der Waals surface area (Å²) in [5, 5.41) is 0.478. The number of hydrogen-bond donors (Lipinski definition) is 0. The second kappa shape index (κ2) is 7.80. The molecule has 4 rings (SSSR count). The Bertz CT molecular complexity index is 1160. The molecule has 1 aliphatic rings. The lowest BCUT2D eigenvalue weighted by Crippen LogP contribution is -2.43. The third kappa shape index (κ3) is 3.88. The van der Waals surface area contributed by atoms with Crippen LogP contribution in [-0.4, -0.2) is 12.1 Å². The molecule has 0 spiro atoms. The smallest absolute Gasteiger partial charge is 0.254 e. The minimum absolute atomic E-state index is 0.00442. The number of hydrogen-bond acceptors (Lipinski definition) is 2. The van der Waals surface area contributed by atoms with Gasteiger partial charge in [0.25, 0.3) is 5.92 Å². The Kier molecular flexibility index (Phi) is 5.43. The summed E-state index contributed by atoms with van der Waals surface area (Å²) in [7, 11) is 0. The first-order valence-corrected chi connectivity index (χ1v) is 9.91. The maximum atomic E-state index is 15.1. The van der Waals surface area contributed by atoms with Gasteiger partial charge in [0, 0.05) is 17.2 Å². The van der Waals surface area contributed by atoms with Crippen molar-refractivity contribution in [2.24, 2.45) is 11.8 Å². The van der Waals surface area contributed by atoms with Gasteiger partial charge in [0.15, 0.2) is 22.7 Å². The van der Waals surface area contributed by atoms with Gasteiger partial charge in [-0.3, -0.25) is 0 Å². The average molecular weight is 442 g/mol. The summed E-state index contributed by atoms with van der Waals surface area (Å²) in [6.45, 7) is 2.68. The molecule has 0 radical (unpaired) electrons. The van der Waals surface area contributed by atoms with Gasteiger partial charge in [0.05, 0.1) is 5.92 Å². The third-order valence-corrected chi connectivity index (χ3v) is 5.75. The Balaban J connectivity index is 1.74. The van der Waals surface area contributed by atoms with Crippen LogP contribution in [-0.2, 0) is 6.42 Å². The van der Waals surface area contributed by atoms with Gasteiger partial charge in [-0.1, -0.05) is 13.0 Å². The van der Waals surface area contributed by atoms with E-state index in [1.807, 2.05) is 0 Å². The van der Waals surface area contributed by atoms with Gasteiger partial charge in [-0.05, 0) is 49.4 Å². The molecular weight excluding hydrogens is 422 g/mol. The van der Waals surface area contributed by atoms with Crippen LogP contribution in [0, 0.1) is 23.5 Å². The minimum Gasteiger partial charge on any atom is -0.459 e. The number of alkyl halides is 3. The Morgan fingerprint density at radius 1 is 1.13 bits per heavy atom. The summed E-state index contributed by atoms with van der Waals surface area (Å²) in [5.74, 6) is -8.25. The van der Waals surface area contributed by atoms with Crippen molar-refractivity contribution in [2.45, 2.75) is 45.2 Å². The van der Waals surface area contributed by atoms with Gasteiger partial charge in [-0.2, -0.15) is 4.39 Å². The molecule has 8 heteroatoms. The van der Waals surface area contributed by atoms with E-state index < -0.39 is 54.2 Å². The molecule has 1 heterocycles. The lowest BCUT2D eigenvalue weighted by atomic mass is 9.75. The van der Waals surface area contributed by atoms with Crippen LogP contribution >= 0.6 is 0 Å². The van der Waals surface area contributed by atoms with Gasteiger partial charge in [0.2, 0.25) is 5.82 Å². The van der Waals surface area contributed by atoms with Crippen molar-refractivity contribution in [1.82, 2.24) is 0 Å². The number of furan rings is 1. The van der Waals surface area contributed by atoms with Crippen molar-refractivity contribution in [3.8, 4) is 5.75 Å². The number of ether oxygens (including phenoxy) is 1. The van der Waals surface area contributed by atoms with Crippen LogP contribution in [0.2, 0.25) is 0 Å². The quantitative estimate of drug-likeness (QED) is 0.306. The summed E-state index contributed by atoms with van der Waals surface area (Å²) in [6.07, 6.45) is -2.00. The minimum atomic E-state index is -3.26. The molecule has 1 aromatic heterocycles. The van der Waals surface area contributed by atoms with Crippen molar-refractivity contribution >= 4 is 21.9 Å². The Labute approximate surface area is 174 Å². The lowest BCUT2D eigenvalue weighted by Gasteiger charge is -2.37. The second-order valence-corrected chi connectivity index (χ2v) is 8.23. The van der Waals surface area contributed by atoms with Crippen molar-refractivity contribution in [3.05, 3.63) is 53.6 Å². The molecule has 31 heavy (non-hydrogen) atoms. The van der Waals surface area contributed by atoms with Crippen LogP contribution in [0.1, 0.15) is 32.3 Å². The van der Waals surface area contributed by atoms with E-state index in [2.05, 4.69) is 0 Å². The molecule has 3 unspecified atom stereocenters. The summed E-state index contributed by atoms with van der Waals surface area (Å²) >= 11 is 0. The number of halogens is 6. The molecule has 166 valence electrons. The van der Waals surface area contributed by atoms with E-state index in [0.717, 1.165) is 6.92 Å². The van der Waals surface area contributed by atoms with E-state index >= 15 is 4.39 Å². The summed E-state index contributed by atoms with van der Waals surface area (Å²) in [6, 6.07) is 5.40. The highest BCUT2D eigenvalue weighted by molar-refractivity contribution is 6.05. The molecule has 1 aliphatic carbocycles. The monoisotopic (exact) mass is 442 g/mol. The Morgan fingerprint density at radius 3 is 2.42 bits per heavy atom. The second-order valence-electron chi connectivity index (χ2n) is 8.23. The highest BCUT2D eigenvalue weighted by Gasteiger charge is 2.49. The molecule has 2 nitrogen and oxygen atoms in total. The van der Waals surface area contributed by atoms with Crippen LogP contribution in [0.3, 0.4) is 0 Å². The SMILES string of the molecule is C/C(F)=C/Oc1ccc2c(oc3c(F)c(CC4C(F)CC(C)CC4(F)F)ccc32)c1F. The molecule has 2 aromatic carbocycles. The molecule has 0 amide bonds. The van der Waals surface area contributed by atoms with Crippen LogP contribution in [0.15, 0.2) is 40.8 Å². The van der Waals surface area contributed by atoms with Gasteiger partial charge in [-0.15, -0.1) is 0 Å². The zero-order valence-electron chi connectivity index (χ0n) is 16.8. The lowest BCUT2D eigenvalue weighted by molar-refractivity contribution is -0.129. The third-order valence-electron chi connectivity index (χ3n) is 5.75. The molecule has 1 saturated carbocycles. The molecule has 0 N–H and O–H groups in total. The Hall–Kier alpha value is -2.64. The van der Waals surface area contributed by atoms with E-state index in [9.17, 15) is 22.0 Å². The first-order chi connectivity index (χ1) is 14.6. The number of rotatable bonds is 4. The molecule has 1 fully saturated rings. The summed E-state index contributed by atoms with van der Waals surface area (Å²) < 4.78 is 96.2. The van der Waals surface area contributed by atoms with Crippen LogP contribution in [0.4, 0.5) is 26.3 Å². The molecule has 0 saturated heterocycles. The van der Waals surface area contributed by atoms with Gasteiger partial charge in [-0.25, -0.2) is 22.0 Å². The fourth-order valence-corrected chi connectivity index (χ4v) is 4.28. The van der Waals surface area contributed by atoms with E-state index in [1.54, 1.807) is 6.92 Å². The average Bonchev–Trinajstić information content (AvgIpc) is 3.05. The zero-order valence-corrected chi connectivity index (χ0v) is 16.8. The van der Waals surface area contributed by atoms with Crippen molar-refractivity contribution in [2.75, 3.05) is 0 Å². The van der Waals surface area contributed by atoms with Gasteiger partial charge >= 0.3 is 0 Å². The maximum absolute atomic E-state index is 15.1. The predicted molar refractivity (Wildman–Crippen MR) is 105 cm³/mol. The summed E-state index contributed by atoms with van der Waals surface area (Å²) in [5.41, 5.74) is -0.751. The van der Waals surface area contributed by atoms with Crippen molar-refractivity contribution < 1.29 is 35.5 Å². The number of allylic oxidation sites excluding steroid dienone is 1. The van der Waals surface area contributed by atoms with Gasteiger partial charge in [0.1, 0.15) is 18.3 Å². The highest BCUT2D eigenvalue weighted by atomic mass is 19.3. The van der Waals surface area contributed by atoms with Crippen LogP contribution in [0.5, 0.6) is 5.75 Å². The molecule has 0 bridgehead atoms. The van der Waals surface area contributed by atoms with E-state index in [1.165, 1.54) is 24.3 Å². The van der Waals surface area contributed by atoms with Crippen LogP contribution < -0.4 is 4.74 Å². The van der Waals surface area contributed by atoms with E-state index in [0.29, 0.717) is 6.26 Å². The van der Waals surface area contributed by atoms with Crippen molar-refractivity contribution in [3.63, 3.8) is 0 Å². The fourth-order valence-electron chi connectivity index (χ4n) is 4.28. The summed E-state index contributed by atoms with van der Waals surface area (Å²) in [4.78, 5) is 0. The van der Waals surface area contributed by atoms with Crippen LogP contribution in [0.25, 0.3) is 21.9 Å². The first kappa shape index (κ1) is 21.6. The standard InChI is InChI=1S/C23H20F6O2/c1-11-7-17(25)16(23(28,29)9-11)8-13-3-4-14-15-5-6-18(30-10-12(2)24)20(27)22(15)31-21(14)19(13)26/h3-6,10-11,16-17H,7-9H2,1-2H3/b12-10-. The zero-order chi connectivity index (χ0) is 22.5. The highest BCUT2D eigenvalue weighted by Crippen LogP contribution is 2.45.